The topological polar surface area (TPSA) is 20.2 Å². The molecule has 0 spiro atoms. The Morgan fingerprint density at radius 3 is 2.46 bits per heavy atom. The lowest BCUT2D eigenvalue weighted by atomic mass is 10.0. The summed E-state index contributed by atoms with van der Waals surface area (Å²) >= 11 is 0. The van der Waals surface area contributed by atoms with E-state index in [1.165, 1.54) is 19.3 Å². The van der Waals surface area contributed by atoms with Crippen molar-refractivity contribution in [3.05, 3.63) is 24.8 Å². The predicted octanol–water partition coefficient (Wildman–Crippen LogP) is 3.31. The Kier molecular flexibility index (Phi) is 9.12. The molecule has 0 aromatic carbocycles. The fraction of sp³-hybridized carbons (Fsp3) is 0.667. The van der Waals surface area contributed by atoms with Gasteiger partial charge in [-0.1, -0.05) is 37.5 Å². The van der Waals surface area contributed by atoms with E-state index in [-0.39, 0.29) is 0 Å². The quantitative estimate of drug-likeness (QED) is 0.451. The molecule has 0 aliphatic carbocycles. The van der Waals surface area contributed by atoms with E-state index in [2.05, 4.69) is 18.7 Å². The number of unbranched alkanes of at least 4 members (excludes halogenated alkanes) is 3. The van der Waals surface area contributed by atoms with E-state index < -0.39 is 0 Å². The minimum Gasteiger partial charge on any atom is -0.396 e. The number of rotatable bonds is 8. The summed E-state index contributed by atoms with van der Waals surface area (Å²) in [5.74, 6) is 0.541. The second kappa shape index (κ2) is 9.53. The summed E-state index contributed by atoms with van der Waals surface area (Å²) in [7, 11) is 0. The monoisotopic (exact) mass is 182 g/mol. The van der Waals surface area contributed by atoms with Gasteiger partial charge in [0.05, 0.1) is 0 Å². The molecular weight excluding hydrogens is 160 g/mol. The molecule has 0 aromatic heterocycles. The van der Waals surface area contributed by atoms with Crippen molar-refractivity contribution in [2.45, 2.75) is 39.0 Å². The van der Waals surface area contributed by atoms with Crippen molar-refractivity contribution in [2.24, 2.45) is 5.92 Å². The Hall–Kier alpha value is -0.560. The van der Waals surface area contributed by atoms with Gasteiger partial charge in [0.15, 0.2) is 0 Å². The van der Waals surface area contributed by atoms with Crippen molar-refractivity contribution in [3.63, 3.8) is 0 Å². The number of hydrogen-bond donors (Lipinski definition) is 1. The van der Waals surface area contributed by atoms with Gasteiger partial charge >= 0.3 is 0 Å². The van der Waals surface area contributed by atoms with Crippen molar-refractivity contribution < 1.29 is 5.11 Å². The third kappa shape index (κ3) is 7.79. The highest BCUT2D eigenvalue weighted by Gasteiger charge is 1.97. The van der Waals surface area contributed by atoms with E-state index in [9.17, 15) is 0 Å². The predicted molar refractivity (Wildman–Crippen MR) is 58.7 cm³/mol. The largest absolute Gasteiger partial charge is 0.396 e. The molecule has 0 heterocycles. The second-order valence-electron chi connectivity index (χ2n) is 3.35. The summed E-state index contributed by atoms with van der Waals surface area (Å²) in [6.07, 6.45) is 12.0. The average Bonchev–Trinajstić information content (AvgIpc) is 2.16. The Balaban J connectivity index is 3.33. The molecule has 0 fully saturated rings. The highest BCUT2D eigenvalue weighted by atomic mass is 16.2. The lowest BCUT2D eigenvalue weighted by molar-refractivity contribution is 0.282. The van der Waals surface area contributed by atoms with Crippen LogP contribution >= 0.6 is 0 Å². The molecule has 13 heavy (non-hydrogen) atoms. The fourth-order valence-electron chi connectivity index (χ4n) is 1.39. The molecule has 0 aliphatic rings. The third-order valence-electron chi connectivity index (χ3n) is 2.19. The van der Waals surface area contributed by atoms with Gasteiger partial charge in [-0.2, -0.15) is 0 Å². The van der Waals surface area contributed by atoms with Crippen LogP contribution in [0.2, 0.25) is 0 Å². The third-order valence-corrected chi connectivity index (χ3v) is 2.19. The smallest absolute Gasteiger partial charge is 0.0431 e. The average molecular weight is 182 g/mol. The molecule has 0 saturated carbocycles. The van der Waals surface area contributed by atoms with Crippen LogP contribution in [0.3, 0.4) is 0 Å². The van der Waals surface area contributed by atoms with Gasteiger partial charge in [0.1, 0.15) is 0 Å². The zero-order valence-electron chi connectivity index (χ0n) is 8.71. The maximum Gasteiger partial charge on any atom is 0.0431 e. The van der Waals surface area contributed by atoms with Gasteiger partial charge in [-0.05, 0) is 25.7 Å². The van der Waals surface area contributed by atoms with Crippen LogP contribution in [-0.2, 0) is 0 Å². The van der Waals surface area contributed by atoms with Crippen molar-refractivity contribution >= 4 is 0 Å². The number of allylic oxidation sites excluding steroid dienone is 3. The van der Waals surface area contributed by atoms with Gasteiger partial charge < -0.3 is 5.11 Å². The van der Waals surface area contributed by atoms with Crippen LogP contribution in [0, 0.1) is 5.92 Å². The van der Waals surface area contributed by atoms with Crippen LogP contribution < -0.4 is 0 Å². The number of hydrogen-bond acceptors (Lipinski definition) is 1. The first kappa shape index (κ1) is 12.4. The number of aliphatic hydroxyl groups is 1. The maximum absolute atomic E-state index is 8.58. The molecule has 76 valence electrons. The Morgan fingerprint density at radius 2 is 1.92 bits per heavy atom. The Labute approximate surface area is 82.2 Å². The summed E-state index contributed by atoms with van der Waals surface area (Å²) in [6, 6.07) is 0. The lowest BCUT2D eigenvalue weighted by Crippen LogP contribution is -1.91. The van der Waals surface area contributed by atoms with Crippen LogP contribution in [0.5, 0.6) is 0 Å². The molecule has 1 atom stereocenters. The minimum atomic E-state index is 0.333. The fourth-order valence-corrected chi connectivity index (χ4v) is 1.39. The minimum absolute atomic E-state index is 0.333. The summed E-state index contributed by atoms with van der Waals surface area (Å²) < 4.78 is 0. The molecule has 1 heteroatoms. The summed E-state index contributed by atoms with van der Waals surface area (Å²) in [6.45, 7) is 6.18. The first-order valence-corrected chi connectivity index (χ1v) is 5.21. The highest BCUT2D eigenvalue weighted by Crippen LogP contribution is 2.12. The van der Waals surface area contributed by atoms with E-state index in [4.69, 9.17) is 5.11 Å². The van der Waals surface area contributed by atoms with E-state index in [0.29, 0.717) is 12.5 Å². The van der Waals surface area contributed by atoms with Crippen molar-refractivity contribution in [1.29, 1.82) is 0 Å². The molecule has 1 nitrogen and oxygen atoms in total. The van der Waals surface area contributed by atoms with Gasteiger partial charge in [-0.15, -0.1) is 6.58 Å². The van der Waals surface area contributed by atoms with Gasteiger partial charge in [0, 0.05) is 6.61 Å². The summed E-state index contributed by atoms with van der Waals surface area (Å²) in [4.78, 5) is 0. The van der Waals surface area contributed by atoms with Gasteiger partial charge in [0.2, 0.25) is 0 Å². The van der Waals surface area contributed by atoms with Crippen LogP contribution in [0.15, 0.2) is 24.8 Å². The first-order valence-electron chi connectivity index (χ1n) is 5.21. The maximum atomic E-state index is 8.58. The molecule has 0 rings (SSSR count). The van der Waals surface area contributed by atoms with Gasteiger partial charge in [-0.25, -0.2) is 0 Å². The van der Waals surface area contributed by atoms with Crippen LogP contribution in [-0.4, -0.2) is 11.7 Å². The molecule has 0 radical (unpaired) electrons. The van der Waals surface area contributed by atoms with E-state index >= 15 is 0 Å². The zero-order valence-corrected chi connectivity index (χ0v) is 8.71. The molecule has 0 aromatic rings. The second-order valence-corrected chi connectivity index (χ2v) is 3.35. The zero-order chi connectivity index (χ0) is 9.94. The molecule has 1 unspecified atom stereocenters. The molecule has 1 N–H and O–H groups in total. The van der Waals surface area contributed by atoms with Crippen LogP contribution in [0.4, 0.5) is 0 Å². The summed E-state index contributed by atoms with van der Waals surface area (Å²) in [5, 5.41) is 8.58. The van der Waals surface area contributed by atoms with Crippen LogP contribution in [0.25, 0.3) is 0 Å². The van der Waals surface area contributed by atoms with E-state index in [1.54, 1.807) is 0 Å². The van der Waals surface area contributed by atoms with Crippen molar-refractivity contribution in [3.8, 4) is 0 Å². The molecule has 0 amide bonds. The Bertz CT molecular complexity index is 138. The standard InChI is InChI=1S/C12H22O/c1-3-9-12(4-2)10-7-5-6-8-11-13/h3-4,9,12-13H,2,5-8,10-11H2,1H3. The molecule has 0 bridgehead atoms. The number of aliphatic hydroxyl groups excluding tert-OH is 1. The first-order chi connectivity index (χ1) is 6.35. The van der Waals surface area contributed by atoms with Crippen molar-refractivity contribution in [2.75, 3.05) is 6.61 Å². The Morgan fingerprint density at radius 1 is 1.23 bits per heavy atom. The lowest BCUT2D eigenvalue weighted by Gasteiger charge is -2.06. The van der Waals surface area contributed by atoms with Gasteiger partial charge in [-0.3, -0.25) is 0 Å². The SMILES string of the molecule is C=CC(C=CC)CCCCCCO. The van der Waals surface area contributed by atoms with Gasteiger partial charge in [0.25, 0.3) is 0 Å². The highest BCUT2D eigenvalue weighted by molar-refractivity contribution is 4.95. The normalized spacial score (nSPS) is 13.4. The summed E-state index contributed by atoms with van der Waals surface area (Å²) in [5.41, 5.74) is 0. The van der Waals surface area contributed by atoms with Crippen molar-refractivity contribution in [1.82, 2.24) is 0 Å². The van der Waals surface area contributed by atoms with Crippen LogP contribution in [0.1, 0.15) is 39.0 Å². The van der Waals surface area contributed by atoms with E-state index in [0.717, 1.165) is 12.8 Å². The van der Waals surface area contributed by atoms with E-state index in [1.807, 2.05) is 13.0 Å². The molecular formula is C12H22O. The molecule has 0 aliphatic heterocycles. The molecule has 0 saturated heterocycles.